The number of nitrogen functional groups attached to an aromatic ring is 1. The Balaban J connectivity index is 1.58. The minimum Gasteiger partial charge on any atom is -0.452 e. The highest BCUT2D eigenvalue weighted by Gasteiger charge is 2.28. The van der Waals surface area contributed by atoms with E-state index in [0.29, 0.717) is 11.3 Å². The topological polar surface area (TPSA) is 72.6 Å². The summed E-state index contributed by atoms with van der Waals surface area (Å²) in [6, 6.07) is 21.8. The third kappa shape index (κ3) is 3.39. The molecule has 3 aromatic rings. The van der Waals surface area contributed by atoms with Crippen LogP contribution in [-0.4, -0.2) is 18.5 Å². The number of hydrogen-bond donors (Lipinski definition) is 1. The minimum absolute atomic E-state index is 0.313. The Bertz CT molecular complexity index is 990. The maximum atomic E-state index is 12.9. The first-order valence-corrected chi connectivity index (χ1v) is 9.16. The molecule has 0 atom stereocenters. The predicted octanol–water partition coefficient (Wildman–Crippen LogP) is 4.26. The van der Waals surface area contributed by atoms with Crippen molar-refractivity contribution < 1.29 is 14.3 Å². The molecule has 6 heteroatoms. The van der Waals surface area contributed by atoms with E-state index in [1.807, 2.05) is 48.5 Å². The molecular weight excluding hydrogens is 360 g/mol. The first kappa shape index (κ1) is 17.2. The Morgan fingerprint density at radius 3 is 2.15 bits per heavy atom. The minimum atomic E-state index is -0.580. The molecule has 1 aliphatic heterocycles. The number of rotatable bonds is 3. The lowest BCUT2D eigenvalue weighted by Crippen LogP contribution is -2.32. The molecule has 0 fully saturated rings. The average molecular weight is 376 g/mol. The summed E-state index contributed by atoms with van der Waals surface area (Å²) >= 11 is 1.61. The Morgan fingerprint density at radius 1 is 0.889 bits per heavy atom. The van der Waals surface area contributed by atoms with Gasteiger partial charge in [-0.2, -0.15) is 0 Å². The zero-order chi connectivity index (χ0) is 18.8. The van der Waals surface area contributed by atoms with Crippen molar-refractivity contribution in [2.75, 3.05) is 17.2 Å². The van der Waals surface area contributed by atoms with Crippen LogP contribution in [-0.2, 0) is 9.53 Å². The second-order valence-corrected chi connectivity index (χ2v) is 7.05. The number of anilines is 3. The molecule has 1 aliphatic rings. The summed E-state index contributed by atoms with van der Waals surface area (Å²) in [5.74, 6) is -0.893. The second-order valence-electron chi connectivity index (χ2n) is 5.97. The van der Waals surface area contributed by atoms with Gasteiger partial charge in [0.1, 0.15) is 0 Å². The molecule has 0 unspecified atom stereocenters. The third-order valence-corrected chi connectivity index (χ3v) is 5.26. The van der Waals surface area contributed by atoms with Crippen molar-refractivity contribution >= 4 is 40.7 Å². The maximum absolute atomic E-state index is 12.9. The summed E-state index contributed by atoms with van der Waals surface area (Å²) in [6.45, 7) is -0.360. The molecule has 0 saturated heterocycles. The second kappa shape index (κ2) is 7.17. The maximum Gasteiger partial charge on any atom is 0.338 e. The SMILES string of the molecule is Nc1cccc(C(=O)OCC(=O)N2c3ccccc3Sc3ccccc32)c1. The van der Waals surface area contributed by atoms with Crippen LogP contribution in [0.5, 0.6) is 0 Å². The fraction of sp³-hybridized carbons (Fsp3) is 0.0476. The molecule has 0 radical (unpaired) electrons. The smallest absolute Gasteiger partial charge is 0.338 e. The number of carbonyl (C=O) groups excluding carboxylic acids is 2. The molecule has 134 valence electrons. The van der Waals surface area contributed by atoms with Crippen molar-refractivity contribution in [3.05, 3.63) is 78.4 Å². The Morgan fingerprint density at radius 2 is 1.52 bits per heavy atom. The van der Waals surface area contributed by atoms with Gasteiger partial charge >= 0.3 is 5.97 Å². The highest BCUT2D eigenvalue weighted by molar-refractivity contribution is 7.99. The fourth-order valence-corrected chi connectivity index (χ4v) is 3.97. The highest BCUT2D eigenvalue weighted by Crippen LogP contribution is 2.47. The summed E-state index contributed by atoms with van der Waals surface area (Å²) in [4.78, 5) is 28.7. The van der Waals surface area contributed by atoms with Crippen LogP contribution in [0.3, 0.4) is 0 Å². The Kier molecular flexibility index (Phi) is 4.56. The van der Waals surface area contributed by atoms with Gasteiger partial charge in [0.15, 0.2) is 6.61 Å². The third-order valence-electron chi connectivity index (χ3n) is 4.13. The summed E-state index contributed by atoms with van der Waals surface area (Å²) < 4.78 is 5.24. The highest BCUT2D eigenvalue weighted by atomic mass is 32.2. The van der Waals surface area contributed by atoms with E-state index in [1.54, 1.807) is 34.9 Å². The van der Waals surface area contributed by atoms with Gasteiger partial charge in [-0.3, -0.25) is 9.69 Å². The number of hydrogen-bond acceptors (Lipinski definition) is 5. The fourth-order valence-electron chi connectivity index (χ4n) is 2.91. The lowest BCUT2D eigenvalue weighted by molar-refractivity contribution is -0.121. The van der Waals surface area contributed by atoms with Crippen LogP contribution in [0.2, 0.25) is 0 Å². The van der Waals surface area contributed by atoms with E-state index in [1.165, 1.54) is 6.07 Å². The summed E-state index contributed by atoms with van der Waals surface area (Å²) in [5, 5.41) is 0. The molecular formula is C21H16N2O3S. The van der Waals surface area contributed by atoms with E-state index in [4.69, 9.17) is 10.5 Å². The van der Waals surface area contributed by atoms with E-state index >= 15 is 0 Å². The number of benzene rings is 3. The van der Waals surface area contributed by atoms with Gasteiger partial charge in [0.05, 0.1) is 16.9 Å². The Hall–Kier alpha value is -3.25. The van der Waals surface area contributed by atoms with Crippen LogP contribution in [0.25, 0.3) is 0 Å². The van der Waals surface area contributed by atoms with Gasteiger partial charge < -0.3 is 10.5 Å². The van der Waals surface area contributed by atoms with Crippen molar-refractivity contribution in [1.82, 2.24) is 0 Å². The molecule has 4 rings (SSSR count). The van der Waals surface area contributed by atoms with E-state index in [-0.39, 0.29) is 12.5 Å². The van der Waals surface area contributed by atoms with Crippen molar-refractivity contribution in [2.24, 2.45) is 0 Å². The summed E-state index contributed by atoms with van der Waals surface area (Å²) in [7, 11) is 0. The van der Waals surface area contributed by atoms with E-state index in [2.05, 4.69) is 0 Å². The van der Waals surface area contributed by atoms with E-state index in [0.717, 1.165) is 21.2 Å². The van der Waals surface area contributed by atoms with Crippen LogP contribution in [0.1, 0.15) is 10.4 Å². The molecule has 1 heterocycles. The molecule has 3 aromatic carbocycles. The molecule has 0 aliphatic carbocycles. The van der Waals surface area contributed by atoms with Crippen molar-refractivity contribution in [2.45, 2.75) is 9.79 Å². The average Bonchev–Trinajstić information content (AvgIpc) is 2.70. The van der Waals surface area contributed by atoms with Crippen LogP contribution >= 0.6 is 11.8 Å². The first-order chi connectivity index (χ1) is 13.1. The van der Waals surface area contributed by atoms with Crippen LogP contribution in [0.15, 0.2) is 82.6 Å². The number of ether oxygens (including phenoxy) is 1. The number of carbonyl (C=O) groups is 2. The summed E-state index contributed by atoms with van der Waals surface area (Å²) in [6.07, 6.45) is 0. The van der Waals surface area contributed by atoms with Gasteiger partial charge in [0.25, 0.3) is 5.91 Å². The molecule has 0 spiro atoms. The quantitative estimate of drug-likeness (QED) is 0.546. The zero-order valence-electron chi connectivity index (χ0n) is 14.3. The van der Waals surface area contributed by atoms with Gasteiger partial charge in [0.2, 0.25) is 0 Å². The van der Waals surface area contributed by atoms with Crippen LogP contribution < -0.4 is 10.6 Å². The number of esters is 1. The number of fused-ring (bicyclic) bond motifs is 2. The molecule has 0 aromatic heterocycles. The lowest BCUT2D eigenvalue weighted by Gasteiger charge is -2.30. The molecule has 2 N–H and O–H groups in total. The van der Waals surface area contributed by atoms with E-state index < -0.39 is 5.97 Å². The van der Waals surface area contributed by atoms with Crippen LogP contribution in [0.4, 0.5) is 17.1 Å². The van der Waals surface area contributed by atoms with Gasteiger partial charge in [-0.15, -0.1) is 0 Å². The number of nitrogens with two attached hydrogens (primary N) is 1. The van der Waals surface area contributed by atoms with Crippen molar-refractivity contribution in [3.8, 4) is 0 Å². The first-order valence-electron chi connectivity index (χ1n) is 8.35. The number of para-hydroxylation sites is 2. The number of amides is 1. The standard InChI is InChI=1S/C21H16N2O3S/c22-15-7-5-6-14(12-15)21(25)26-13-20(24)23-16-8-1-3-10-18(16)27-19-11-4-2-9-17(19)23/h1-12H,13,22H2. The molecule has 0 bridgehead atoms. The molecule has 5 nitrogen and oxygen atoms in total. The van der Waals surface area contributed by atoms with Crippen molar-refractivity contribution in [3.63, 3.8) is 0 Å². The van der Waals surface area contributed by atoms with Gasteiger partial charge in [-0.1, -0.05) is 42.1 Å². The largest absolute Gasteiger partial charge is 0.452 e. The van der Waals surface area contributed by atoms with Gasteiger partial charge in [-0.05, 0) is 42.5 Å². The molecule has 27 heavy (non-hydrogen) atoms. The Labute approximate surface area is 160 Å². The molecule has 0 saturated carbocycles. The zero-order valence-corrected chi connectivity index (χ0v) is 15.1. The van der Waals surface area contributed by atoms with Gasteiger partial charge in [0, 0.05) is 15.5 Å². The predicted molar refractivity (Wildman–Crippen MR) is 105 cm³/mol. The van der Waals surface area contributed by atoms with Crippen molar-refractivity contribution in [1.29, 1.82) is 0 Å². The normalized spacial score (nSPS) is 12.1. The van der Waals surface area contributed by atoms with Crippen LogP contribution in [0, 0.1) is 0 Å². The summed E-state index contributed by atoms with van der Waals surface area (Å²) in [5.41, 5.74) is 8.04. The molecule has 1 amide bonds. The lowest BCUT2D eigenvalue weighted by atomic mass is 10.2. The van der Waals surface area contributed by atoms with E-state index in [9.17, 15) is 9.59 Å². The number of nitrogens with zero attached hydrogens (tertiary/aromatic N) is 1. The monoisotopic (exact) mass is 376 g/mol. The van der Waals surface area contributed by atoms with Gasteiger partial charge in [-0.25, -0.2) is 4.79 Å².